The fourth-order valence-electron chi connectivity index (χ4n) is 2.29. The number of nitrogens with one attached hydrogen (secondary N) is 1. The lowest BCUT2D eigenvalue weighted by Crippen LogP contribution is -2.09. The molecule has 0 unspecified atom stereocenters. The van der Waals surface area contributed by atoms with Crippen molar-refractivity contribution in [3.63, 3.8) is 0 Å². The van der Waals surface area contributed by atoms with Gasteiger partial charge in [0.2, 0.25) is 11.6 Å². The molecule has 0 atom stereocenters. The zero-order valence-electron chi connectivity index (χ0n) is 12.6. The number of rotatable bonds is 4. The van der Waals surface area contributed by atoms with E-state index in [0.29, 0.717) is 5.69 Å². The molecule has 0 amide bonds. The van der Waals surface area contributed by atoms with Gasteiger partial charge in [-0.05, 0) is 32.0 Å². The first-order valence-electron chi connectivity index (χ1n) is 6.91. The molecule has 8 nitrogen and oxygen atoms in total. The van der Waals surface area contributed by atoms with E-state index < -0.39 is 4.92 Å². The molecule has 116 valence electrons. The summed E-state index contributed by atoms with van der Waals surface area (Å²) in [6.07, 6.45) is 1.28. The number of benzene rings is 1. The van der Waals surface area contributed by atoms with Gasteiger partial charge in [-0.1, -0.05) is 18.2 Å². The second-order valence-electron chi connectivity index (χ2n) is 4.98. The molecule has 0 saturated carbocycles. The van der Waals surface area contributed by atoms with Crippen molar-refractivity contribution in [1.29, 1.82) is 0 Å². The van der Waals surface area contributed by atoms with Crippen LogP contribution in [0.1, 0.15) is 11.4 Å². The van der Waals surface area contributed by atoms with Crippen LogP contribution in [0.4, 0.5) is 17.2 Å². The number of hydrogen-bond acceptors (Lipinski definition) is 6. The van der Waals surface area contributed by atoms with Crippen LogP contribution in [0.3, 0.4) is 0 Å². The first-order chi connectivity index (χ1) is 11.1. The molecule has 23 heavy (non-hydrogen) atoms. The number of aromatic nitrogens is 4. The van der Waals surface area contributed by atoms with Crippen LogP contribution >= 0.6 is 0 Å². The number of para-hydroxylation sites is 1. The molecule has 2 aromatic heterocycles. The van der Waals surface area contributed by atoms with E-state index in [2.05, 4.69) is 20.4 Å². The Labute approximate surface area is 132 Å². The van der Waals surface area contributed by atoms with Crippen molar-refractivity contribution in [2.24, 2.45) is 0 Å². The van der Waals surface area contributed by atoms with E-state index >= 15 is 0 Å². The van der Waals surface area contributed by atoms with Gasteiger partial charge in [0.1, 0.15) is 6.33 Å². The second kappa shape index (κ2) is 5.84. The Hall–Kier alpha value is -3.29. The van der Waals surface area contributed by atoms with Crippen molar-refractivity contribution in [3.05, 3.63) is 64.2 Å². The minimum atomic E-state index is -0.503. The molecule has 0 aliphatic rings. The van der Waals surface area contributed by atoms with Crippen LogP contribution in [0.2, 0.25) is 0 Å². The molecule has 1 N–H and O–H groups in total. The van der Waals surface area contributed by atoms with Crippen molar-refractivity contribution in [1.82, 2.24) is 19.7 Å². The molecule has 0 radical (unpaired) electrons. The molecule has 0 spiro atoms. The van der Waals surface area contributed by atoms with Gasteiger partial charge in [-0.25, -0.2) is 14.6 Å². The third-order valence-corrected chi connectivity index (χ3v) is 3.23. The summed E-state index contributed by atoms with van der Waals surface area (Å²) in [5, 5.41) is 18.8. The Morgan fingerprint density at radius 2 is 1.91 bits per heavy atom. The lowest BCUT2D eigenvalue weighted by atomic mass is 10.3. The average molecular weight is 310 g/mol. The number of nitrogens with zero attached hydrogens (tertiary/aromatic N) is 5. The van der Waals surface area contributed by atoms with Crippen molar-refractivity contribution >= 4 is 17.2 Å². The topological polar surface area (TPSA) is 98.8 Å². The van der Waals surface area contributed by atoms with E-state index in [1.165, 1.54) is 11.0 Å². The molecule has 0 aliphatic heterocycles. The molecule has 0 fully saturated rings. The largest absolute Gasteiger partial charge is 0.355 e. The first kappa shape index (κ1) is 14.6. The van der Waals surface area contributed by atoms with Crippen LogP contribution < -0.4 is 5.32 Å². The third-order valence-electron chi connectivity index (χ3n) is 3.23. The molecule has 3 aromatic rings. The van der Waals surface area contributed by atoms with Gasteiger partial charge in [-0.15, -0.1) is 0 Å². The normalized spacial score (nSPS) is 10.5. The Bertz CT molecular complexity index is 860. The summed E-state index contributed by atoms with van der Waals surface area (Å²) >= 11 is 0. The fourth-order valence-corrected chi connectivity index (χ4v) is 2.29. The minimum absolute atomic E-state index is 0.124. The summed E-state index contributed by atoms with van der Waals surface area (Å²) in [6.45, 7) is 3.63. The number of aryl methyl sites for hydroxylation is 2. The lowest BCUT2D eigenvalue weighted by Gasteiger charge is -2.09. The van der Waals surface area contributed by atoms with Crippen LogP contribution in [-0.2, 0) is 0 Å². The highest BCUT2D eigenvalue weighted by atomic mass is 16.6. The quantitative estimate of drug-likeness (QED) is 0.587. The maximum absolute atomic E-state index is 11.6. The number of anilines is 2. The summed E-state index contributed by atoms with van der Waals surface area (Å²) < 4.78 is 1.45. The number of nitro groups is 1. The van der Waals surface area contributed by atoms with Gasteiger partial charge in [0.15, 0.2) is 0 Å². The van der Waals surface area contributed by atoms with E-state index in [0.717, 1.165) is 11.4 Å². The lowest BCUT2D eigenvalue weighted by molar-refractivity contribution is -0.384. The maximum Gasteiger partial charge on any atom is 0.355 e. The molecule has 0 saturated heterocycles. The van der Waals surface area contributed by atoms with Crippen LogP contribution in [0.25, 0.3) is 5.82 Å². The van der Waals surface area contributed by atoms with Crippen molar-refractivity contribution < 1.29 is 4.92 Å². The summed E-state index contributed by atoms with van der Waals surface area (Å²) in [5.41, 5.74) is 2.00. The summed E-state index contributed by atoms with van der Waals surface area (Å²) in [7, 11) is 0. The molecular weight excluding hydrogens is 296 g/mol. The van der Waals surface area contributed by atoms with Gasteiger partial charge in [0.05, 0.1) is 10.6 Å². The molecule has 3 rings (SSSR count). The van der Waals surface area contributed by atoms with Crippen LogP contribution in [0.15, 0.2) is 42.7 Å². The van der Waals surface area contributed by atoms with E-state index in [9.17, 15) is 10.1 Å². The molecular formula is C15H14N6O2. The van der Waals surface area contributed by atoms with Crippen LogP contribution in [0.5, 0.6) is 0 Å². The first-order valence-corrected chi connectivity index (χ1v) is 6.91. The minimum Gasteiger partial charge on any atom is -0.334 e. The summed E-state index contributed by atoms with van der Waals surface area (Å²) in [6, 6.07) is 11.0. The van der Waals surface area contributed by atoms with Crippen molar-refractivity contribution in [2.75, 3.05) is 5.32 Å². The molecule has 0 aliphatic carbocycles. The SMILES string of the molecule is Cc1cc(C)n(-c2ncnc(Nc3ccccc3)c2[N+](=O)[O-])n1. The smallest absolute Gasteiger partial charge is 0.334 e. The summed E-state index contributed by atoms with van der Waals surface area (Å²) in [5.74, 6) is 0.257. The zero-order chi connectivity index (χ0) is 16.4. The highest BCUT2D eigenvalue weighted by Crippen LogP contribution is 2.30. The van der Waals surface area contributed by atoms with Gasteiger partial charge in [-0.3, -0.25) is 10.1 Å². The predicted molar refractivity (Wildman–Crippen MR) is 85.0 cm³/mol. The van der Waals surface area contributed by atoms with Crippen LogP contribution in [0, 0.1) is 24.0 Å². The van der Waals surface area contributed by atoms with Crippen molar-refractivity contribution in [2.45, 2.75) is 13.8 Å². The van der Waals surface area contributed by atoms with Gasteiger partial charge in [0.25, 0.3) is 0 Å². The van der Waals surface area contributed by atoms with Crippen molar-refractivity contribution in [3.8, 4) is 5.82 Å². The standard InChI is InChI=1S/C15H14N6O2/c1-10-8-11(2)20(19-10)15-13(21(22)23)14(16-9-17-15)18-12-6-4-3-5-7-12/h3-9H,1-2H3,(H,16,17,18). The molecule has 1 aromatic carbocycles. The molecule has 8 heteroatoms. The molecule has 0 bridgehead atoms. The van der Waals surface area contributed by atoms with E-state index in [-0.39, 0.29) is 17.3 Å². The highest BCUT2D eigenvalue weighted by molar-refractivity contribution is 5.70. The maximum atomic E-state index is 11.6. The van der Waals surface area contributed by atoms with Gasteiger partial charge < -0.3 is 5.32 Å². The predicted octanol–water partition coefficient (Wildman–Crippen LogP) is 2.93. The average Bonchev–Trinajstić information content (AvgIpc) is 2.86. The Balaban J connectivity index is 2.13. The second-order valence-corrected chi connectivity index (χ2v) is 4.98. The van der Waals surface area contributed by atoms with E-state index in [1.807, 2.05) is 38.1 Å². The van der Waals surface area contributed by atoms with Gasteiger partial charge in [-0.2, -0.15) is 5.10 Å². The monoisotopic (exact) mass is 310 g/mol. The summed E-state index contributed by atoms with van der Waals surface area (Å²) in [4.78, 5) is 19.1. The van der Waals surface area contributed by atoms with Gasteiger partial charge in [0, 0.05) is 11.4 Å². The highest BCUT2D eigenvalue weighted by Gasteiger charge is 2.25. The molecule has 2 heterocycles. The number of hydrogen-bond donors (Lipinski definition) is 1. The Morgan fingerprint density at radius 1 is 1.17 bits per heavy atom. The van der Waals surface area contributed by atoms with Gasteiger partial charge >= 0.3 is 5.69 Å². The van der Waals surface area contributed by atoms with E-state index in [4.69, 9.17) is 0 Å². The van der Waals surface area contributed by atoms with E-state index in [1.54, 1.807) is 12.1 Å². The Morgan fingerprint density at radius 3 is 2.52 bits per heavy atom. The Kier molecular flexibility index (Phi) is 3.71. The van der Waals surface area contributed by atoms with Crippen LogP contribution in [-0.4, -0.2) is 24.7 Å². The fraction of sp³-hybridized carbons (Fsp3) is 0.133. The zero-order valence-corrected chi connectivity index (χ0v) is 12.6. The third kappa shape index (κ3) is 2.86.